The molecule has 6 nitrogen and oxygen atoms in total. The minimum atomic E-state index is -0.209. The number of aromatic nitrogens is 4. The van der Waals surface area contributed by atoms with Crippen molar-refractivity contribution >= 4 is 0 Å². The van der Waals surface area contributed by atoms with Crippen LogP contribution in [0.1, 0.15) is 5.69 Å². The molecule has 0 radical (unpaired) electrons. The summed E-state index contributed by atoms with van der Waals surface area (Å²) in [5, 5.41) is 4.21. The number of hydrogen-bond donors (Lipinski definition) is 0. The third-order valence-electron chi connectivity index (χ3n) is 3.00. The van der Waals surface area contributed by atoms with Gasteiger partial charge in [-0.1, -0.05) is 0 Å². The second kappa shape index (κ2) is 5.62. The van der Waals surface area contributed by atoms with Crippen LogP contribution in [-0.4, -0.2) is 19.3 Å². The smallest absolute Gasteiger partial charge is 0.297 e. The first-order valence-corrected chi connectivity index (χ1v) is 6.47. The Hall–Kier alpha value is -2.89. The van der Waals surface area contributed by atoms with Gasteiger partial charge in [0.2, 0.25) is 0 Å². The Bertz CT molecular complexity index is 793. The Labute approximate surface area is 121 Å². The van der Waals surface area contributed by atoms with Gasteiger partial charge in [0.1, 0.15) is 6.61 Å². The molecule has 3 aromatic rings. The van der Waals surface area contributed by atoms with Gasteiger partial charge in [-0.2, -0.15) is 5.10 Å². The highest BCUT2D eigenvalue weighted by Crippen LogP contribution is 2.09. The van der Waals surface area contributed by atoms with Crippen LogP contribution in [-0.2, 0) is 13.7 Å². The van der Waals surface area contributed by atoms with Crippen molar-refractivity contribution in [2.75, 3.05) is 0 Å². The fourth-order valence-corrected chi connectivity index (χ4v) is 1.98. The van der Waals surface area contributed by atoms with Crippen LogP contribution in [0.4, 0.5) is 0 Å². The van der Waals surface area contributed by atoms with Crippen molar-refractivity contribution in [2.24, 2.45) is 7.05 Å². The monoisotopic (exact) mass is 282 g/mol. The lowest BCUT2D eigenvalue weighted by Crippen LogP contribution is -2.19. The van der Waals surface area contributed by atoms with Gasteiger partial charge in [0.05, 0.1) is 11.4 Å². The molecule has 6 heteroatoms. The normalized spacial score (nSPS) is 10.5. The van der Waals surface area contributed by atoms with E-state index in [-0.39, 0.29) is 12.2 Å². The predicted molar refractivity (Wildman–Crippen MR) is 77.4 cm³/mol. The molecule has 3 aromatic heterocycles. The van der Waals surface area contributed by atoms with E-state index in [1.165, 1.54) is 4.57 Å². The van der Waals surface area contributed by atoms with E-state index < -0.39 is 0 Å². The van der Waals surface area contributed by atoms with Gasteiger partial charge in [0.25, 0.3) is 5.56 Å². The first kappa shape index (κ1) is 13.1. The summed E-state index contributed by atoms with van der Waals surface area (Å²) < 4.78 is 8.79. The molecule has 0 N–H and O–H groups in total. The molecule has 0 spiro atoms. The second-order valence-corrected chi connectivity index (χ2v) is 4.52. The van der Waals surface area contributed by atoms with Gasteiger partial charge >= 0.3 is 0 Å². The maximum atomic E-state index is 12.4. The van der Waals surface area contributed by atoms with Crippen molar-refractivity contribution < 1.29 is 4.74 Å². The van der Waals surface area contributed by atoms with E-state index in [1.807, 2.05) is 19.3 Å². The summed E-state index contributed by atoms with van der Waals surface area (Å²) in [7, 11) is 1.84. The van der Waals surface area contributed by atoms with Crippen LogP contribution in [0.25, 0.3) is 5.69 Å². The standard InChI is InChI=1S/C15H14N4O2/c1-18-10-6-12(17-18)11-21-14-3-2-9-19(15(14)20)13-4-7-16-8-5-13/h2-10H,11H2,1H3. The van der Waals surface area contributed by atoms with E-state index in [4.69, 9.17) is 4.74 Å². The molecule has 0 amide bonds. The molecule has 0 aliphatic rings. The van der Waals surface area contributed by atoms with Crippen molar-refractivity contribution in [3.05, 3.63) is 71.2 Å². The molecular formula is C15H14N4O2. The average Bonchev–Trinajstić information content (AvgIpc) is 2.93. The van der Waals surface area contributed by atoms with Crippen LogP contribution in [0.2, 0.25) is 0 Å². The lowest BCUT2D eigenvalue weighted by atomic mass is 10.3. The third-order valence-corrected chi connectivity index (χ3v) is 3.00. The number of ether oxygens (including phenoxy) is 1. The van der Waals surface area contributed by atoms with Gasteiger partial charge in [-0.05, 0) is 30.3 Å². The van der Waals surface area contributed by atoms with Crippen molar-refractivity contribution in [3.8, 4) is 11.4 Å². The molecule has 0 unspecified atom stereocenters. The van der Waals surface area contributed by atoms with Crippen LogP contribution in [0.15, 0.2) is 59.9 Å². The Morgan fingerprint density at radius 1 is 1.14 bits per heavy atom. The summed E-state index contributed by atoms with van der Waals surface area (Å²) in [6, 6.07) is 8.82. The molecule has 0 aliphatic heterocycles. The summed E-state index contributed by atoms with van der Waals surface area (Å²) in [6.07, 6.45) is 6.82. The summed E-state index contributed by atoms with van der Waals surface area (Å²) in [4.78, 5) is 16.3. The minimum absolute atomic E-state index is 0.209. The van der Waals surface area contributed by atoms with E-state index in [9.17, 15) is 4.79 Å². The molecule has 0 saturated carbocycles. The highest BCUT2D eigenvalue weighted by atomic mass is 16.5. The van der Waals surface area contributed by atoms with Crippen LogP contribution in [0.5, 0.6) is 5.75 Å². The molecule has 21 heavy (non-hydrogen) atoms. The summed E-state index contributed by atoms with van der Waals surface area (Å²) in [5.41, 5.74) is 1.31. The topological polar surface area (TPSA) is 61.9 Å². The molecule has 0 atom stereocenters. The van der Waals surface area contributed by atoms with E-state index in [2.05, 4.69) is 10.1 Å². The molecule has 0 bridgehead atoms. The van der Waals surface area contributed by atoms with Crippen molar-refractivity contribution in [3.63, 3.8) is 0 Å². The first-order chi connectivity index (χ1) is 10.2. The van der Waals surface area contributed by atoms with Gasteiger partial charge < -0.3 is 4.74 Å². The summed E-state index contributed by atoms with van der Waals surface area (Å²) in [6.45, 7) is 0.260. The predicted octanol–water partition coefficient (Wildman–Crippen LogP) is 1.54. The average molecular weight is 282 g/mol. The van der Waals surface area contributed by atoms with Gasteiger partial charge in [0, 0.05) is 31.8 Å². The molecule has 0 fully saturated rings. The highest BCUT2D eigenvalue weighted by Gasteiger charge is 2.07. The molecule has 0 aliphatic carbocycles. The number of pyridine rings is 2. The number of hydrogen-bond acceptors (Lipinski definition) is 4. The Morgan fingerprint density at radius 2 is 1.95 bits per heavy atom. The SMILES string of the molecule is Cn1ccc(COc2cccn(-c3ccncc3)c2=O)n1. The lowest BCUT2D eigenvalue weighted by molar-refractivity contribution is 0.294. The number of rotatable bonds is 4. The van der Waals surface area contributed by atoms with E-state index in [0.29, 0.717) is 5.75 Å². The maximum absolute atomic E-state index is 12.4. The molecule has 106 valence electrons. The Balaban J connectivity index is 1.85. The van der Waals surface area contributed by atoms with Gasteiger partial charge in [-0.15, -0.1) is 0 Å². The van der Waals surface area contributed by atoms with E-state index >= 15 is 0 Å². The van der Waals surface area contributed by atoms with Crippen molar-refractivity contribution in [1.29, 1.82) is 0 Å². The largest absolute Gasteiger partial charge is 0.481 e. The van der Waals surface area contributed by atoms with Crippen LogP contribution in [0.3, 0.4) is 0 Å². The lowest BCUT2D eigenvalue weighted by Gasteiger charge is -2.08. The zero-order valence-corrected chi connectivity index (χ0v) is 11.5. The number of nitrogens with zero attached hydrogens (tertiary/aromatic N) is 4. The zero-order chi connectivity index (χ0) is 14.7. The first-order valence-electron chi connectivity index (χ1n) is 6.47. The van der Waals surface area contributed by atoms with E-state index in [1.54, 1.807) is 47.5 Å². The fraction of sp³-hybridized carbons (Fsp3) is 0.133. The number of aryl methyl sites for hydroxylation is 1. The molecular weight excluding hydrogens is 268 g/mol. The van der Waals surface area contributed by atoms with E-state index in [0.717, 1.165) is 11.4 Å². The quantitative estimate of drug-likeness (QED) is 0.728. The van der Waals surface area contributed by atoms with Crippen LogP contribution < -0.4 is 10.3 Å². The maximum Gasteiger partial charge on any atom is 0.297 e. The third kappa shape index (κ3) is 2.84. The highest BCUT2D eigenvalue weighted by molar-refractivity contribution is 5.32. The zero-order valence-electron chi connectivity index (χ0n) is 11.5. The van der Waals surface area contributed by atoms with Gasteiger partial charge in [-0.25, -0.2) is 0 Å². The Kier molecular flexibility index (Phi) is 3.51. The van der Waals surface area contributed by atoms with Crippen LogP contribution in [0, 0.1) is 0 Å². The molecule has 0 saturated heterocycles. The summed E-state index contributed by atoms with van der Waals surface area (Å²) >= 11 is 0. The summed E-state index contributed by atoms with van der Waals surface area (Å²) in [5.74, 6) is 0.292. The van der Waals surface area contributed by atoms with Crippen molar-refractivity contribution in [1.82, 2.24) is 19.3 Å². The molecule has 3 heterocycles. The van der Waals surface area contributed by atoms with Crippen molar-refractivity contribution in [2.45, 2.75) is 6.61 Å². The van der Waals surface area contributed by atoms with Gasteiger partial charge in [0.15, 0.2) is 5.75 Å². The molecule has 3 rings (SSSR count). The van der Waals surface area contributed by atoms with Gasteiger partial charge in [-0.3, -0.25) is 19.0 Å². The van der Waals surface area contributed by atoms with Crippen LogP contribution >= 0.6 is 0 Å². The Morgan fingerprint density at radius 3 is 2.67 bits per heavy atom. The fourth-order valence-electron chi connectivity index (χ4n) is 1.98. The second-order valence-electron chi connectivity index (χ2n) is 4.52. The molecule has 0 aromatic carbocycles. The minimum Gasteiger partial charge on any atom is -0.481 e.